The third kappa shape index (κ3) is 8.98. The van der Waals surface area contributed by atoms with Gasteiger partial charge in [-0.25, -0.2) is 4.39 Å². The molecule has 0 unspecified atom stereocenters. The Labute approximate surface area is 180 Å². The van der Waals surface area contributed by atoms with Crippen LogP contribution in [0.5, 0.6) is 5.75 Å². The highest BCUT2D eigenvalue weighted by atomic mass is 19.3. The molecule has 0 atom stereocenters. The minimum absolute atomic E-state index is 0.104. The van der Waals surface area contributed by atoms with Gasteiger partial charge in [0, 0.05) is 26.7 Å². The molecule has 1 amide bonds. The summed E-state index contributed by atoms with van der Waals surface area (Å²) < 4.78 is 42.0. The first-order chi connectivity index (χ1) is 14.9. The van der Waals surface area contributed by atoms with Gasteiger partial charge in [-0.3, -0.25) is 9.79 Å². The van der Waals surface area contributed by atoms with Crippen molar-refractivity contribution < 1.29 is 22.7 Å². The number of carbonyl (C=O) groups excluding carboxylic acids is 1. The highest BCUT2D eigenvalue weighted by Gasteiger charge is 2.09. The van der Waals surface area contributed by atoms with Crippen LogP contribution in [-0.2, 0) is 17.8 Å². The number of nitrogens with zero attached hydrogens (tertiary/aromatic N) is 2. The van der Waals surface area contributed by atoms with Crippen LogP contribution in [0.15, 0.2) is 53.5 Å². The number of nitrogens with one attached hydrogen (secondary N) is 2. The van der Waals surface area contributed by atoms with E-state index in [4.69, 9.17) is 0 Å². The number of guanidine groups is 1. The second-order valence-corrected chi connectivity index (χ2v) is 6.77. The van der Waals surface area contributed by atoms with Crippen molar-refractivity contribution in [3.8, 4) is 5.75 Å². The molecule has 0 saturated carbocycles. The Morgan fingerprint density at radius 3 is 2.52 bits per heavy atom. The lowest BCUT2D eigenvalue weighted by atomic mass is 10.1. The Bertz CT molecular complexity index is 860. The molecule has 2 aromatic rings. The number of halogens is 3. The number of hydrogen-bond donors (Lipinski definition) is 2. The summed E-state index contributed by atoms with van der Waals surface area (Å²) in [5, 5.41) is 5.94. The van der Waals surface area contributed by atoms with Crippen molar-refractivity contribution in [3.63, 3.8) is 0 Å². The topological polar surface area (TPSA) is 66.0 Å². The van der Waals surface area contributed by atoms with Crippen LogP contribution in [-0.4, -0.2) is 50.1 Å². The van der Waals surface area contributed by atoms with Gasteiger partial charge in [-0.15, -0.1) is 0 Å². The Morgan fingerprint density at radius 1 is 1.13 bits per heavy atom. The molecule has 0 aliphatic carbocycles. The first-order valence-electron chi connectivity index (χ1n) is 9.91. The van der Waals surface area contributed by atoms with Gasteiger partial charge >= 0.3 is 6.61 Å². The van der Waals surface area contributed by atoms with E-state index in [0.29, 0.717) is 37.7 Å². The number of rotatable bonds is 10. The third-order valence-electron chi connectivity index (χ3n) is 4.21. The summed E-state index contributed by atoms with van der Waals surface area (Å²) in [4.78, 5) is 18.4. The summed E-state index contributed by atoms with van der Waals surface area (Å²) in [6, 6.07) is 12.4. The molecule has 2 aromatic carbocycles. The molecule has 2 rings (SSSR count). The van der Waals surface area contributed by atoms with E-state index in [2.05, 4.69) is 20.4 Å². The highest BCUT2D eigenvalue weighted by molar-refractivity contribution is 5.80. The SMILES string of the molecule is CCNC(=NCCNC(=O)Cc1cccc(F)c1)N(C)Cc1ccc(OC(F)F)cc1. The Morgan fingerprint density at radius 2 is 1.87 bits per heavy atom. The fourth-order valence-electron chi connectivity index (χ4n) is 2.85. The number of alkyl halides is 2. The molecule has 0 saturated heterocycles. The molecule has 168 valence electrons. The van der Waals surface area contributed by atoms with Crippen molar-refractivity contribution in [2.75, 3.05) is 26.7 Å². The van der Waals surface area contributed by atoms with Gasteiger partial charge in [-0.1, -0.05) is 24.3 Å². The average Bonchev–Trinajstić information content (AvgIpc) is 2.71. The van der Waals surface area contributed by atoms with E-state index in [9.17, 15) is 18.0 Å². The van der Waals surface area contributed by atoms with Crippen LogP contribution < -0.4 is 15.4 Å². The minimum Gasteiger partial charge on any atom is -0.435 e. The van der Waals surface area contributed by atoms with Crippen molar-refractivity contribution in [1.82, 2.24) is 15.5 Å². The molecule has 0 bridgehead atoms. The molecular formula is C22H27F3N4O2. The van der Waals surface area contributed by atoms with Gasteiger partial charge in [-0.2, -0.15) is 8.78 Å². The lowest BCUT2D eigenvalue weighted by Crippen LogP contribution is -2.39. The van der Waals surface area contributed by atoms with Crippen LogP contribution in [0.3, 0.4) is 0 Å². The van der Waals surface area contributed by atoms with Crippen LogP contribution >= 0.6 is 0 Å². The van der Waals surface area contributed by atoms with Gasteiger partial charge in [0.25, 0.3) is 0 Å². The summed E-state index contributed by atoms with van der Waals surface area (Å²) in [6.45, 7) is 0.971. The van der Waals surface area contributed by atoms with E-state index < -0.39 is 6.61 Å². The van der Waals surface area contributed by atoms with Crippen molar-refractivity contribution in [3.05, 3.63) is 65.5 Å². The monoisotopic (exact) mass is 436 g/mol. The molecule has 0 fully saturated rings. The second-order valence-electron chi connectivity index (χ2n) is 6.77. The molecule has 0 aromatic heterocycles. The summed E-state index contributed by atoms with van der Waals surface area (Å²) in [7, 11) is 1.85. The van der Waals surface area contributed by atoms with Gasteiger partial charge in [0.2, 0.25) is 5.91 Å². The number of amides is 1. The number of benzene rings is 2. The van der Waals surface area contributed by atoms with E-state index in [1.54, 1.807) is 24.3 Å². The Balaban J connectivity index is 1.83. The fraction of sp³-hybridized carbons (Fsp3) is 0.364. The van der Waals surface area contributed by atoms with Gasteiger partial charge in [0.05, 0.1) is 13.0 Å². The normalized spacial score (nSPS) is 11.4. The molecule has 6 nitrogen and oxygen atoms in total. The molecule has 0 aliphatic heterocycles. The first-order valence-corrected chi connectivity index (χ1v) is 9.91. The van der Waals surface area contributed by atoms with E-state index >= 15 is 0 Å². The summed E-state index contributed by atoms with van der Waals surface area (Å²) in [6.07, 6.45) is 0.104. The first kappa shape index (κ1) is 24.0. The lowest BCUT2D eigenvalue weighted by Gasteiger charge is -2.22. The maximum Gasteiger partial charge on any atom is 0.387 e. The molecule has 9 heteroatoms. The van der Waals surface area contributed by atoms with E-state index in [1.165, 1.54) is 24.3 Å². The Kier molecular flexibility index (Phi) is 9.67. The molecule has 31 heavy (non-hydrogen) atoms. The fourth-order valence-corrected chi connectivity index (χ4v) is 2.85. The maximum atomic E-state index is 13.2. The van der Waals surface area contributed by atoms with Gasteiger partial charge < -0.3 is 20.3 Å². The van der Waals surface area contributed by atoms with E-state index in [-0.39, 0.29) is 23.9 Å². The van der Waals surface area contributed by atoms with E-state index in [0.717, 1.165) is 5.56 Å². The van der Waals surface area contributed by atoms with Crippen LogP contribution in [0.1, 0.15) is 18.1 Å². The molecule has 2 N–H and O–H groups in total. The summed E-state index contributed by atoms with van der Waals surface area (Å²) in [5.41, 5.74) is 1.51. The number of hydrogen-bond acceptors (Lipinski definition) is 3. The molecule has 0 spiro atoms. The van der Waals surface area contributed by atoms with Crippen molar-refractivity contribution in [2.45, 2.75) is 26.5 Å². The largest absolute Gasteiger partial charge is 0.435 e. The maximum absolute atomic E-state index is 13.2. The van der Waals surface area contributed by atoms with Crippen LogP contribution in [0.4, 0.5) is 13.2 Å². The van der Waals surface area contributed by atoms with E-state index in [1.807, 2.05) is 18.9 Å². The molecular weight excluding hydrogens is 409 g/mol. The predicted octanol–water partition coefficient (Wildman–Crippen LogP) is 3.18. The summed E-state index contributed by atoms with van der Waals surface area (Å²) in [5.74, 6) is 0.181. The third-order valence-corrected chi connectivity index (χ3v) is 4.21. The minimum atomic E-state index is -2.85. The van der Waals surface area contributed by atoms with Crippen LogP contribution in [0, 0.1) is 5.82 Å². The molecule has 0 radical (unpaired) electrons. The summed E-state index contributed by atoms with van der Waals surface area (Å²) >= 11 is 0. The van der Waals surface area contributed by atoms with Crippen molar-refractivity contribution >= 4 is 11.9 Å². The van der Waals surface area contributed by atoms with Crippen molar-refractivity contribution in [2.24, 2.45) is 4.99 Å². The van der Waals surface area contributed by atoms with Gasteiger partial charge in [0.15, 0.2) is 5.96 Å². The zero-order chi connectivity index (χ0) is 22.6. The zero-order valence-corrected chi connectivity index (χ0v) is 17.6. The lowest BCUT2D eigenvalue weighted by molar-refractivity contribution is -0.120. The van der Waals surface area contributed by atoms with Gasteiger partial charge in [0.1, 0.15) is 11.6 Å². The number of carbonyl (C=O) groups is 1. The number of aliphatic imine (C=N–C) groups is 1. The average molecular weight is 436 g/mol. The standard InChI is InChI=1S/C22H27F3N4O2/c1-3-26-22(29(2)15-16-7-9-19(10-8-16)31-21(24)25)28-12-11-27-20(30)14-17-5-4-6-18(23)13-17/h4-10,13,21H,3,11-12,14-15H2,1-2H3,(H,26,28)(H,27,30). The number of ether oxygens (including phenoxy) is 1. The smallest absolute Gasteiger partial charge is 0.387 e. The molecule has 0 aliphatic rings. The Hall–Kier alpha value is -3.23. The van der Waals surface area contributed by atoms with Crippen LogP contribution in [0.2, 0.25) is 0 Å². The quantitative estimate of drug-likeness (QED) is 0.341. The highest BCUT2D eigenvalue weighted by Crippen LogP contribution is 2.15. The molecule has 0 heterocycles. The van der Waals surface area contributed by atoms with Crippen molar-refractivity contribution in [1.29, 1.82) is 0 Å². The predicted molar refractivity (Wildman–Crippen MR) is 114 cm³/mol. The van der Waals surface area contributed by atoms with Crippen LogP contribution in [0.25, 0.3) is 0 Å². The van der Waals surface area contributed by atoms with Gasteiger partial charge in [-0.05, 0) is 42.3 Å². The second kappa shape index (κ2) is 12.5. The zero-order valence-electron chi connectivity index (χ0n) is 17.6.